The molecule has 0 atom stereocenters. The molecule has 0 radical (unpaired) electrons. The summed E-state index contributed by atoms with van der Waals surface area (Å²) >= 11 is 3.70. The highest BCUT2D eigenvalue weighted by Gasteiger charge is 2.26. The number of thiophene rings is 1. The molecular formula is C20H20N2OS2. The van der Waals surface area contributed by atoms with Crippen molar-refractivity contribution in [2.24, 2.45) is 0 Å². The van der Waals surface area contributed by atoms with Crippen LogP contribution in [0.4, 0.5) is 5.69 Å². The van der Waals surface area contributed by atoms with Crippen molar-refractivity contribution in [2.45, 2.75) is 25.5 Å². The molecule has 1 amide bonds. The fourth-order valence-electron chi connectivity index (χ4n) is 3.24. The Hall–Kier alpha value is -1.98. The van der Waals surface area contributed by atoms with Gasteiger partial charge in [0.05, 0.1) is 5.56 Å². The van der Waals surface area contributed by atoms with Crippen molar-refractivity contribution in [3.8, 4) is 5.00 Å². The third kappa shape index (κ3) is 3.14. The summed E-state index contributed by atoms with van der Waals surface area (Å²) in [7, 11) is 0. The van der Waals surface area contributed by atoms with Crippen LogP contribution < -0.4 is 5.32 Å². The first-order chi connectivity index (χ1) is 12.3. The van der Waals surface area contributed by atoms with Crippen LogP contribution in [-0.4, -0.2) is 16.2 Å². The second kappa shape index (κ2) is 7.10. The van der Waals surface area contributed by atoms with Crippen molar-refractivity contribution < 1.29 is 4.79 Å². The molecule has 1 aliphatic rings. The van der Waals surface area contributed by atoms with E-state index in [1.807, 2.05) is 54.5 Å². The number of hydrogen-bond donors (Lipinski definition) is 1. The number of rotatable bonds is 4. The molecule has 25 heavy (non-hydrogen) atoms. The molecule has 0 fully saturated rings. The maximum absolute atomic E-state index is 13.2. The lowest BCUT2D eigenvalue weighted by atomic mass is 10.1. The highest BCUT2D eigenvalue weighted by molar-refractivity contribution is 7.98. The fourth-order valence-corrected chi connectivity index (χ4v) is 5.68. The third-order valence-corrected chi connectivity index (χ3v) is 6.93. The summed E-state index contributed by atoms with van der Waals surface area (Å²) in [5.74, 6) is 2.10. The number of para-hydroxylation sites is 1. The molecule has 1 N–H and O–H groups in total. The standard InChI is InChI=1S/C20H20N2OS2/c1-2-14-7-3-4-8-16(14)21-19(23)18-15-9-12-24-13-17(15)25-20(18)22-10-5-6-11-22/h3-8,10-11H,2,9,12-13H2,1H3,(H,21,23). The SMILES string of the molecule is CCc1ccccc1NC(=O)c1c(-n2cccc2)sc2c1CCSC2. The van der Waals surface area contributed by atoms with E-state index in [0.29, 0.717) is 0 Å². The van der Waals surface area contributed by atoms with E-state index in [9.17, 15) is 4.79 Å². The topological polar surface area (TPSA) is 34.0 Å². The number of anilines is 1. The van der Waals surface area contributed by atoms with Gasteiger partial charge in [-0.3, -0.25) is 4.79 Å². The smallest absolute Gasteiger partial charge is 0.258 e. The largest absolute Gasteiger partial charge is 0.322 e. The summed E-state index contributed by atoms with van der Waals surface area (Å²) in [6, 6.07) is 12.1. The van der Waals surface area contributed by atoms with E-state index in [1.165, 1.54) is 10.4 Å². The van der Waals surface area contributed by atoms with Crippen LogP contribution in [0.15, 0.2) is 48.8 Å². The molecule has 128 valence electrons. The molecule has 3 nitrogen and oxygen atoms in total. The van der Waals surface area contributed by atoms with Crippen LogP contribution >= 0.6 is 23.1 Å². The lowest BCUT2D eigenvalue weighted by molar-refractivity contribution is 0.102. The molecule has 0 bridgehead atoms. The molecule has 0 saturated carbocycles. The summed E-state index contributed by atoms with van der Waals surface area (Å²) in [5, 5.41) is 4.20. The molecule has 5 heteroatoms. The maximum Gasteiger partial charge on any atom is 0.258 e. The van der Waals surface area contributed by atoms with Crippen LogP contribution in [0.3, 0.4) is 0 Å². The molecule has 0 saturated heterocycles. The van der Waals surface area contributed by atoms with Gasteiger partial charge in [-0.25, -0.2) is 0 Å². The minimum Gasteiger partial charge on any atom is -0.322 e. The lowest BCUT2D eigenvalue weighted by Gasteiger charge is -2.14. The molecule has 0 unspecified atom stereocenters. The van der Waals surface area contributed by atoms with Crippen molar-refractivity contribution in [1.82, 2.24) is 4.57 Å². The zero-order chi connectivity index (χ0) is 17.2. The molecular weight excluding hydrogens is 348 g/mol. The van der Waals surface area contributed by atoms with E-state index in [1.54, 1.807) is 11.3 Å². The number of benzene rings is 1. The minimum absolute atomic E-state index is 0.00833. The number of carbonyl (C=O) groups is 1. The van der Waals surface area contributed by atoms with E-state index in [0.717, 1.165) is 46.2 Å². The molecule has 1 aliphatic heterocycles. The van der Waals surface area contributed by atoms with Gasteiger partial charge in [-0.15, -0.1) is 11.3 Å². The van der Waals surface area contributed by atoms with Crippen molar-refractivity contribution >= 4 is 34.7 Å². The molecule has 3 heterocycles. The quantitative estimate of drug-likeness (QED) is 0.691. The minimum atomic E-state index is 0.00833. The predicted octanol–water partition coefficient (Wildman–Crippen LogP) is 5.14. The average Bonchev–Trinajstić information content (AvgIpc) is 3.29. The van der Waals surface area contributed by atoms with Gasteiger partial charge >= 0.3 is 0 Å². The highest BCUT2D eigenvalue weighted by Crippen LogP contribution is 2.38. The van der Waals surface area contributed by atoms with Crippen molar-refractivity contribution in [3.63, 3.8) is 0 Å². The van der Waals surface area contributed by atoms with Crippen molar-refractivity contribution in [3.05, 3.63) is 70.4 Å². The van der Waals surface area contributed by atoms with Gasteiger partial charge in [0, 0.05) is 28.7 Å². The Balaban J connectivity index is 1.76. The van der Waals surface area contributed by atoms with Gasteiger partial charge in [-0.2, -0.15) is 11.8 Å². The summed E-state index contributed by atoms with van der Waals surface area (Å²) in [6.07, 6.45) is 5.90. The number of nitrogens with one attached hydrogen (secondary N) is 1. The number of thioether (sulfide) groups is 1. The Morgan fingerprint density at radius 2 is 2.00 bits per heavy atom. The van der Waals surface area contributed by atoms with Crippen molar-refractivity contribution in [2.75, 3.05) is 11.1 Å². The Labute approximate surface area is 156 Å². The Bertz CT molecular complexity index is 897. The molecule has 0 aliphatic carbocycles. The lowest BCUT2D eigenvalue weighted by Crippen LogP contribution is -2.17. The number of fused-ring (bicyclic) bond motifs is 1. The number of nitrogens with zero attached hydrogens (tertiary/aromatic N) is 1. The van der Waals surface area contributed by atoms with Gasteiger partial charge in [0.25, 0.3) is 5.91 Å². The van der Waals surface area contributed by atoms with E-state index < -0.39 is 0 Å². The third-order valence-electron chi connectivity index (χ3n) is 4.51. The second-order valence-corrected chi connectivity index (χ2v) is 8.23. The van der Waals surface area contributed by atoms with E-state index in [-0.39, 0.29) is 5.91 Å². The van der Waals surface area contributed by atoms with Crippen LogP contribution in [0, 0.1) is 0 Å². The van der Waals surface area contributed by atoms with Crippen molar-refractivity contribution in [1.29, 1.82) is 0 Å². The van der Waals surface area contributed by atoms with E-state index in [2.05, 4.69) is 22.9 Å². The normalized spacial score (nSPS) is 13.5. The van der Waals surface area contributed by atoms with E-state index in [4.69, 9.17) is 0 Å². The Morgan fingerprint density at radius 3 is 2.80 bits per heavy atom. The highest BCUT2D eigenvalue weighted by atomic mass is 32.2. The molecule has 2 aromatic heterocycles. The molecule has 1 aromatic carbocycles. The molecule has 0 spiro atoms. The molecule has 4 rings (SSSR count). The van der Waals surface area contributed by atoms with E-state index >= 15 is 0 Å². The van der Waals surface area contributed by atoms with Crippen LogP contribution in [-0.2, 0) is 18.6 Å². The van der Waals surface area contributed by atoms with Gasteiger partial charge in [-0.05, 0) is 47.9 Å². The van der Waals surface area contributed by atoms with Gasteiger partial charge in [0.15, 0.2) is 0 Å². The van der Waals surface area contributed by atoms with Crippen LogP contribution in [0.5, 0.6) is 0 Å². The van der Waals surface area contributed by atoms with Crippen LogP contribution in [0.2, 0.25) is 0 Å². The summed E-state index contributed by atoms with van der Waals surface area (Å²) in [5.41, 5.74) is 4.16. The monoisotopic (exact) mass is 368 g/mol. The summed E-state index contributed by atoms with van der Waals surface area (Å²) in [6.45, 7) is 2.11. The zero-order valence-corrected chi connectivity index (χ0v) is 15.8. The molecule has 3 aromatic rings. The summed E-state index contributed by atoms with van der Waals surface area (Å²) in [4.78, 5) is 14.5. The number of hydrogen-bond acceptors (Lipinski definition) is 3. The first-order valence-electron chi connectivity index (χ1n) is 8.52. The Kier molecular flexibility index (Phi) is 4.68. The zero-order valence-electron chi connectivity index (χ0n) is 14.1. The van der Waals surface area contributed by atoms with Gasteiger partial charge in [0.2, 0.25) is 0 Å². The van der Waals surface area contributed by atoms with Crippen LogP contribution in [0.1, 0.15) is 33.3 Å². The Morgan fingerprint density at radius 1 is 1.20 bits per heavy atom. The number of aryl methyl sites for hydroxylation is 1. The number of carbonyl (C=O) groups excluding carboxylic acids is 1. The van der Waals surface area contributed by atoms with Gasteiger partial charge in [-0.1, -0.05) is 25.1 Å². The first kappa shape index (κ1) is 16.5. The first-order valence-corrected chi connectivity index (χ1v) is 10.5. The number of amides is 1. The van der Waals surface area contributed by atoms with Gasteiger partial charge < -0.3 is 9.88 Å². The number of aromatic nitrogens is 1. The summed E-state index contributed by atoms with van der Waals surface area (Å²) < 4.78 is 2.06. The van der Waals surface area contributed by atoms with Gasteiger partial charge in [0.1, 0.15) is 5.00 Å². The predicted molar refractivity (Wildman–Crippen MR) is 107 cm³/mol. The van der Waals surface area contributed by atoms with Crippen LogP contribution in [0.25, 0.3) is 5.00 Å². The average molecular weight is 369 g/mol. The fraction of sp³-hybridized carbons (Fsp3) is 0.250. The second-order valence-electron chi connectivity index (χ2n) is 6.04. The maximum atomic E-state index is 13.2.